The van der Waals surface area contributed by atoms with Gasteiger partial charge in [0.2, 0.25) is 5.91 Å². The average Bonchev–Trinajstić information content (AvgIpc) is 2.90. The van der Waals surface area contributed by atoms with Crippen LogP contribution in [0, 0.1) is 17.0 Å². The van der Waals surface area contributed by atoms with E-state index in [1.54, 1.807) is 6.92 Å². The molecule has 0 saturated heterocycles. The third-order valence-electron chi connectivity index (χ3n) is 3.50. The molecule has 0 aliphatic rings. The maximum absolute atomic E-state index is 12.7. The van der Waals surface area contributed by atoms with Crippen LogP contribution >= 0.6 is 11.6 Å². The van der Waals surface area contributed by atoms with Gasteiger partial charge in [0.1, 0.15) is 0 Å². The number of rotatable bonds is 6. The first kappa shape index (κ1) is 19.7. The Balaban J connectivity index is 1.94. The Bertz CT molecular complexity index is 836. The molecule has 0 radical (unpaired) electrons. The van der Waals surface area contributed by atoms with Gasteiger partial charge < -0.3 is 15.4 Å². The Kier molecular flexibility index (Phi) is 5.86. The summed E-state index contributed by atoms with van der Waals surface area (Å²) in [5.41, 5.74) is -0.480. The number of halogens is 4. The van der Waals surface area contributed by atoms with Crippen LogP contribution in [0.2, 0.25) is 5.02 Å². The highest BCUT2D eigenvalue weighted by Gasteiger charge is 2.31. The monoisotopic (exact) mass is 390 g/mol. The molecule has 0 aliphatic carbocycles. The molecule has 0 fully saturated rings. The van der Waals surface area contributed by atoms with E-state index in [0.717, 1.165) is 18.2 Å². The van der Waals surface area contributed by atoms with Crippen LogP contribution in [0.1, 0.15) is 24.1 Å². The first-order valence-corrected chi connectivity index (χ1v) is 7.81. The minimum Gasteiger partial charge on any atom is -0.358 e. The van der Waals surface area contributed by atoms with E-state index >= 15 is 0 Å². The van der Waals surface area contributed by atoms with E-state index in [0.29, 0.717) is 12.1 Å². The summed E-state index contributed by atoms with van der Waals surface area (Å²) in [6.45, 7) is 1.89. The van der Waals surface area contributed by atoms with Gasteiger partial charge in [0.05, 0.1) is 39.7 Å². The van der Waals surface area contributed by atoms with Crippen molar-refractivity contribution in [3.05, 3.63) is 50.7 Å². The minimum absolute atomic E-state index is 0.00936. The van der Waals surface area contributed by atoms with Crippen LogP contribution in [-0.4, -0.2) is 20.6 Å². The lowest BCUT2D eigenvalue weighted by Gasteiger charge is -2.11. The topological polar surface area (TPSA) is 90.1 Å². The van der Waals surface area contributed by atoms with Crippen molar-refractivity contribution in [3.63, 3.8) is 0 Å². The number of nitrogens with one attached hydrogen (secondary N) is 1. The van der Waals surface area contributed by atoms with Gasteiger partial charge >= 0.3 is 12.0 Å². The number of alkyl halides is 3. The van der Waals surface area contributed by atoms with Crippen molar-refractivity contribution in [1.29, 1.82) is 0 Å². The molecule has 0 unspecified atom stereocenters. The van der Waals surface area contributed by atoms with Gasteiger partial charge in [0.25, 0.3) is 0 Å². The molecule has 1 N–H and O–H groups in total. The number of aromatic nitrogens is 2. The third-order valence-corrected chi connectivity index (χ3v) is 3.83. The van der Waals surface area contributed by atoms with Crippen molar-refractivity contribution in [2.75, 3.05) is 5.32 Å². The summed E-state index contributed by atoms with van der Waals surface area (Å²) in [7, 11) is 0. The first-order valence-electron chi connectivity index (χ1n) is 7.43. The van der Waals surface area contributed by atoms with Gasteiger partial charge in [-0.2, -0.15) is 17.9 Å². The van der Waals surface area contributed by atoms with Gasteiger partial charge in [-0.05, 0) is 36.5 Å². The van der Waals surface area contributed by atoms with Gasteiger partial charge in [-0.3, -0.25) is 4.79 Å². The second kappa shape index (κ2) is 7.73. The molecule has 0 aliphatic heterocycles. The maximum atomic E-state index is 12.7. The van der Waals surface area contributed by atoms with E-state index in [-0.39, 0.29) is 29.5 Å². The SMILES string of the molecule is Cc1cc([N+](=O)[O-])nn1CCCC(=O)Nc1cc(C(F)(F)F)ccc1Cl. The van der Waals surface area contributed by atoms with Crippen molar-refractivity contribution in [1.82, 2.24) is 9.78 Å². The van der Waals surface area contributed by atoms with E-state index in [4.69, 9.17) is 11.6 Å². The summed E-state index contributed by atoms with van der Waals surface area (Å²) in [5.74, 6) is -0.812. The van der Waals surface area contributed by atoms with E-state index in [1.807, 2.05) is 0 Å². The molecule has 26 heavy (non-hydrogen) atoms. The number of nitrogens with zero attached hydrogens (tertiary/aromatic N) is 3. The molecule has 140 valence electrons. The van der Waals surface area contributed by atoms with Crippen LogP contribution in [0.3, 0.4) is 0 Å². The Labute approximate surface area is 150 Å². The van der Waals surface area contributed by atoms with Crippen LogP contribution in [0.25, 0.3) is 0 Å². The molecule has 1 heterocycles. The summed E-state index contributed by atoms with van der Waals surface area (Å²) < 4.78 is 39.5. The zero-order valence-corrected chi connectivity index (χ0v) is 14.3. The number of aryl methyl sites for hydroxylation is 2. The summed E-state index contributed by atoms with van der Waals surface area (Å²) in [6, 6.07) is 3.96. The molecule has 1 aromatic heterocycles. The number of amides is 1. The molecular weight excluding hydrogens is 377 g/mol. The van der Waals surface area contributed by atoms with Crippen molar-refractivity contribution in [2.24, 2.45) is 0 Å². The Morgan fingerprint density at radius 2 is 2.08 bits per heavy atom. The van der Waals surface area contributed by atoms with Crippen molar-refractivity contribution in [2.45, 2.75) is 32.5 Å². The molecule has 0 atom stereocenters. The predicted molar refractivity (Wildman–Crippen MR) is 87.9 cm³/mol. The van der Waals surface area contributed by atoms with Crippen molar-refractivity contribution in [3.8, 4) is 0 Å². The van der Waals surface area contributed by atoms with Crippen LogP contribution in [-0.2, 0) is 17.5 Å². The second-order valence-corrected chi connectivity index (χ2v) is 5.88. The third kappa shape index (κ3) is 4.94. The number of benzene rings is 1. The number of hydrogen-bond acceptors (Lipinski definition) is 4. The molecule has 7 nitrogen and oxygen atoms in total. The molecule has 0 bridgehead atoms. The number of carbonyl (C=O) groups is 1. The molecule has 2 aromatic rings. The standard InChI is InChI=1S/C15H14ClF3N4O3/c1-9-7-13(23(25)26)21-22(9)6-2-3-14(24)20-12-8-10(15(17,18)19)4-5-11(12)16/h4-5,7-8H,2-3,6H2,1H3,(H,20,24). The molecule has 0 saturated carbocycles. The first-order chi connectivity index (χ1) is 12.1. The van der Waals surface area contributed by atoms with E-state index in [1.165, 1.54) is 10.7 Å². The van der Waals surface area contributed by atoms with Gasteiger partial charge in [0.15, 0.2) is 0 Å². The quantitative estimate of drug-likeness (QED) is 0.591. The molecule has 11 heteroatoms. The Morgan fingerprint density at radius 1 is 1.38 bits per heavy atom. The van der Waals surface area contributed by atoms with E-state index in [2.05, 4.69) is 10.4 Å². The Morgan fingerprint density at radius 3 is 2.65 bits per heavy atom. The summed E-state index contributed by atoms with van der Waals surface area (Å²) in [4.78, 5) is 22.0. The van der Waals surface area contributed by atoms with Gasteiger partial charge in [0, 0.05) is 6.42 Å². The minimum atomic E-state index is -4.55. The highest BCUT2D eigenvalue weighted by atomic mass is 35.5. The highest BCUT2D eigenvalue weighted by Crippen LogP contribution is 2.33. The molecule has 1 amide bonds. The molecule has 0 spiro atoms. The van der Waals surface area contributed by atoms with E-state index < -0.39 is 22.6 Å². The van der Waals surface area contributed by atoms with Crippen molar-refractivity contribution < 1.29 is 22.9 Å². The number of carbonyl (C=O) groups excluding carboxylic acids is 1. The van der Waals surface area contributed by atoms with Gasteiger partial charge in [-0.25, -0.2) is 0 Å². The largest absolute Gasteiger partial charge is 0.416 e. The summed E-state index contributed by atoms with van der Waals surface area (Å²) in [5, 5.41) is 16.8. The zero-order valence-electron chi connectivity index (χ0n) is 13.5. The highest BCUT2D eigenvalue weighted by molar-refractivity contribution is 6.33. The molecule has 1 aromatic carbocycles. The second-order valence-electron chi connectivity index (χ2n) is 5.47. The van der Waals surface area contributed by atoms with Crippen molar-refractivity contribution >= 4 is 29.0 Å². The summed E-state index contributed by atoms with van der Waals surface area (Å²) >= 11 is 5.81. The number of nitro groups is 1. The fraction of sp³-hybridized carbons (Fsp3) is 0.333. The van der Waals surface area contributed by atoms with Crippen LogP contribution < -0.4 is 5.32 Å². The summed E-state index contributed by atoms with van der Waals surface area (Å²) in [6.07, 6.45) is -4.27. The fourth-order valence-corrected chi connectivity index (χ4v) is 2.37. The van der Waals surface area contributed by atoms with Gasteiger partial charge in [-0.1, -0.05) is 11.6 Å². The lowest BCUT2D eigenvalue weighted by Crippen LogP contribution is -2.14. The number of anilines is 1. The molecule has 2 rings (SSSR count). The molecular formula is C15H14ClF3N4O3. The Hall–Kier alpha value is -2.62. The zero-order chi connectivity index (χ0) is 19.5. The van der Waals surface area contributed by atoms with E-state index in [9.17, 15) is 28.1 Å². The normalized spacial score (nSPS) is 11.4. The van der Waals surface area contributed by atoms with Gasteiger partial charge in [-0.15, -0.1) is 0 Å². The lowest BCUT2D eigenvalue weighted by atomic mass is 10.2. The van der Waals surface area contributed by atoms with Crippen LogP contribution in [0.5, 0.6) is 0 Å². The number of hydrogen-bond donors (Lipinski definition) is 1. The predicted octanol–water partition coefficient (Wildman–Crippen LogP) is 4.19. The van der Waals surface area contributed by atoms with Crippen LogP contribution in [0.4, 0.5) is 24.7 Å². The fourth-order valence-electron chi connectivity index (χ4n) is 2.21. The maximum Gasteiger partial charge on any atom is 0.416 e. The lowest BCUT2D eigenvalue weighted by molar-refractivity contribution is -0.389. The van der Waals surface area contributed by atoms with Crippen LogP contribution in [0.15, 0.2) is 24.3 Å². The average molecular weight is 391 g/mol. The smallest absolute Gasteiger partial charge is 0.358 e.